The van der Waals surface area contributed by atoms with Crippen LogP contribution in [0.25, 0.3) is 10.2 Å². The Morgan fingerprint density at radius 3 is 3.05 bits per heavy atom. The van der Waals surface area contributed by atoms with Crippen LogP contribution < -0.4 is 0 Å². The van der Waals surface area contributed by atoms with Gasteiger partial charge >= 0.3 is 5.97 Å². The van der Waals surface area contributed by atoms with E-state index in [1.54, 1.807) is 35.2 Å². The lowest BCUT2D eigenvalue weighted by atomic mass is 10.2. The molecule has 0 spiro atoms. The largest absolute Gasteiger partial charge is 0.508 e. The van der Waals surface area contributed by atoms with Gasteiger partial charge in [-0.2, -0.15) is 0 Å². The summed E-state index contributed by atoms with van der Waals surface area (Å²) in [5, 5.41) is 9.41. The van der Waals surface area contributed by atoms with E-state index in [9.17, 15) is 9.90 Å². The first kappa shape index (κ1) is 15.1. The van der Waals surface area contributed by atoms with Crippen molar-refractivity contribution in [2.75, 3.05) is 12.9 Å². The molecule has 0 bridgehead atoms. The maximum Gasteiger partial charge on any atom is 0.305 e. The summed E-state index contributed by atoms with van der Waals surface area (Å²) in [4.78, 5) is 15.4. The van der Waals surface area contributed by atoms with Gasteiger partial charge in [-0.1, -0.05) is 18.2 Å². The van der Waals surface area contributed by atoms with E-state index >= 15 is 0 Å². The van der Waals surface area contributed by atoms with E-state index in [1.165, 1.54) is 7.11 Å². The number of rotatable bonds is 7. The predicted molar refractivity (Wildman–Crippen MR) is 82.5 cm³/mol. The Labute approximate surface area is 126 Å². The molecular weight excluding hydrogens is 294 g/mol. The Bertz CT molecular complexity index is 583. The quantitative estimate of drug-likeness (QED) is 0.478. The third kappa shape index (κ3) is 4.38. The van der Waals surface area contributed by atoms with Gasteiger partial charge in [0.15, 0.2) is 4.34 Å². The minimum atomic E-state index is -0.136. The van der Waals surface area contributed by atoms with Crippen molar-refractivity contribution in [3.05, 3.63) is 18.2 Å². The number of aromatic hydroxyl groups is 1. The van der Waals surface area contributed by atoms with Crippen molar-refractivity contribution in [2.45, 2.75) is 30.0 Å². The summed E-state index contributed by atoms with van der Waals surface area (Å²) >= 11 is 3.33. The Balaban J connectivity index is 1.72. The van der Waals surface area contributed by atoms with E-state index in [0.717, 1.165) is 39.6 Å². The molecule has 108 valence electrons. The number of phenolic OH excluding ortho intramolecular Hbond substituents is 1. The molecule has 20 heavy (non-hydrogen) atoms. The minimum absolute atomic E-state index is 0.136. The lowest BCUT2D eigenvalue weighted by Gasteiger charge is -1.99. The zero-order valence-electron chi connectivity index (χ0n) is 11.3. The van der Waals surface area contributed by atoms with E-state index < -0.39 is 0 Å². The highest BCUT2D eigenvalue weighted by molar-refractivity contribution is 8.01. The van der Waals surface area contributed by atoms with Gasteiger partial charge in [-0.15, -0.1) is 11.3 Å². The summed E-state index contributed by atoms with van der Waals surface area (Å²) in [5.41, 5.74) is 0.931. The SMILES string of the molecule is COC(=O)CCCCCSc1nc2ccc(O)cc2s1. The molecule has 0 saturated heterocycles. The van der Waals surface area contributed by atoms with Crippen LogP contribution in [0.15, 0.2) is 22.5 Å². The van der Waals surface area contributed by atoms with E-state index in [0.29, 0.717) is 6.42 Å². The third-order valence-corrected chi connectivity index (χ3v) is 5.08. The van der Waals surface area contributed by atoms with E-state index in [2.05, 4.69) is 9.72 Å². The van der Waals surface area contributed by atoms with Crippen molar-refractivity contribution in [2.24, 2.45) is 0 Å². The molecule has 4 nitrogen and oxygen atoms in total. The first-order chi connectivity index (χ1) is 9.69. The van der Waals surface area contributed by atoms with Crippen LogP contribution in [-0.4, -0.2) is 28.9 Å². The van der Waals surface area contributed by atoms with Crippen molar-refractivity contribution in [3.63, 3.8) is 0 Å². The number of aromatic nitrogens is 1. The second-order valence-electron chi connectivity index (χ2n) is 4.37. The molecular formula is C14H17NO3S2. The molecule has 0 aliphatic rings. The number of hydrogen-bond acceptors (Lipinski definition) is 6. The number of carbonyl (C=O) groups is 1. The fraction of sp³-hybridized carbons (Fsp3) is 0.429. The van der Waals surface area contributed by atoms with Gasteiger partial charge in [0.1, 0.15) is 5.75 Å². The van der Waals surface area contributed by atoms with Crippen LogP contribution in [-0.2, 0) is 9.53 Å². The van der Waals surface area contributed by atoms with Crippen LogP contribution >= 0.6 is 23.1 Å². The molecule has 1 aromatic carbocycles. The molecule has 0 saturated carbocycles. The Morgan fingerprint density at radius 2 is 2.25 bits per heavy atom. The van der Waals surface area contributed by atoms with Gasteiger partial charge in [-0.3, -0.25) is 4.79 Å². The predicted octanol–water partition coefficient (Wildman–Crippen LogP) is 3.83. The Morgan fingerprint density at radius 1 is 1.40 bits per heavy atom. The van der Waals surface area contributed by atoms with Crippen LogP contribution in [0.2, 0.25) is 0 Å². The van der Waals surface area contributed by atoms with Crippen molar-refractivity contribution >= 4 is 39.3 Å². The fourth-order valence-electron chi connectivity index (χ4n) is 1.76. The first-order valence-electron chi connectivity index (χ1n) is 6.48. The van der Waals surface area contributed by atoms with Crippen molar-refractivity contribution in [3.8, 4) is 5.75 Å². The van der Waals surface area contributed by atoms with Gasteiger partial charge in [0.2, 0.25) is 0 Å². The maximum absolute atomic E-state index is 10.9. The zero-order chi connectivity index (χ0) is 14.4. The van der Waals surface area contributed by atoms with Crippen LogP contribution in [0, 0.1) is 0 Å². The molecule has 0 atom stereocenters. The highest BCUT2D eigenvalue weighted by atomic mass is 32.2. The van der Waals surface area contributed by atoms with E-state index in [1.807, 2.05) is 6.07 Å². The zero-order valence-corrected chi connectivity index (χ0v) is 12.9. The first-order valence-corrected chi connectivity index (χ1v) is 8.28. The molecule has 0 fully saturated rings. The molecule has 0 amide bonds. The monoisotopic (exact) mass is 311 g/mol. The van der Waals surface area contributed by atoms with Crippen molar-refractivity contribution < 1.29 is 14.6 Å². The van der Waals surface area contributed by atoms with Crippen LogP contribution in [0.5, 0.6) is 5.75 Å². The molecule has 1 heterocycles. The smallest absolute Gasteiger partial charge is 0.305 e. The third-order valence-electron chi connectivity index (χ3n) is 2.83. The van der Waals surface area contributed by atoms with E-state index in [-0.39, 0.29) is 11.7 Å². The van der Waals surface area contributed by atoms with Gasteiger partial charge in [0.25, 0.3) is 0 Å². The number of ether oxygens (including phenoxy) is 1. The Hall–Kier alpha value is -1.27. The summed E-state index contributed by atoms with van der Waals surface area (Å²) in [7, 11) is 1.42. The molecule has 0 unspecified atom stereocenters. The van der Waals surface area contributed by atoms with Crippen LogP contribution in [0.1, 0.15) is 25.7 Å². The number of thiazole rings is 1. The van der Waals surface area contributed by atoms with Gasteiger partial charge in [-0.05, 0) is 31.0 Å². The van der Waals surface area contributed by atoms with Crippen LogP contribution in [0.4, 0.5) is 0 Å². The molecule has 1 aromatic heterocycles. The number of esters is 1. The lowest BCUT2D eigenvalue weighted by molar-refractivity contribution is -0.140. The minimum Gasteiger partial charge on any atom is -0.508 e. The number of phenols is 1. The standard InChI is InChI=1S/C14H17NO3S2/c1-18-13(17)5-3-2-4-8-19-14-15-11-7-6-10(16)9-12(11)20-14/h6-7,9,16H,2-5,8H2,1H3. The lowest BCUT2D eigenvalue weighted by Crippen LogP contribution is -1.99. The number of methoxy groups -OCH3 is 1. The molecule has 6 heteroatoms. The maximum atomic E-state index is 10.9. The number of benzene rings is 1. The summed E-state index contributed by atoms with van der Waals surface area (Å²) in [6.07, 6.45) is 3.46. The highest BCUT2D eigenvalue weighted by Gasteiger charge is 2.05. The van der Waals surface area contributed by atoms with Crippen molar-refractivity contribution in [1.82, 2.24) is 4.98 Å². The van der Waals surface area contributed by atoms with E-state index in [4.69, 9.17) is 0 Å². The average molecular weight is 311 g/mol. The number of thioether (sulfide) groups is 1. The molecule has 0 aliphatic carbocycles. The summed E-state index contributed by atoms with van der Waals surface area (Å²) < 4.78 is 6.64. The molecule has 0 aliphatic heterocycles. The second-order valence-corrected chi connectivity index (χ2v) is 6.74. The van der Waals surface area contributed by atoms with Gasteiger partial charge < -0.3 is 9.84 Å². The normalized spacial score (nSPS) is 10.8. The summed E-state index contributed by atoms with van der Waals surface area (Å²) in [6, 6.07) is 5.23. The summed E-state index contributed by atoms with van der Waals surface area (Å²) in [5.74, 6) is 1.14. The molecule has 2 aromatic rings. The fourth-order valence-corrected chi connectivity index (χ4v) is 3.93. The molecule has 2 rings (SSSR count). The number of nitrogens with zero attached hydrogens (tertiary/aromatic N) is 1. The van der Waals surface area contributed by atoms with Gasteiger partial charge in [0.05, 0.1) is 17.3 Å². The number of carbonyl (C=O) groups excluding carboxylic acids is 1. The summed E-state index contributed by atoms with van der Waals surface area (Å²) in [6.45, 7) is 0. The average Bonchev–Trinajstić information content (AvgIpc) is 2.84. The Kier molecular flexibility index (Phi) is 5.67. The number of hydrogen-bond donors (Lipinski definition) is 1. The highest BCUT2D eigenvalue weighted by Crippen LogP contribution is 2.31. The number of fused-ring (bicyclic) bond motifs is 1. The van der Waals surface area contributed by atoms with Crippen molar-refractivity contribution in [1.29, 1.82) is 0 Å². The number of unbranched alkanes of at least 4 members (excludes halogenated alkanes) is 2. The second kappa shape index (κ2) is 7.50. The van der Waals surface area contributed by atoms with Crippen LogP contribution in [0.3, 0.4) is 0 Å². The van der Waals surface area contributed by atoms with Gasteiger partial charge in [0, 0.05) is 12.2 Å². The molecule has 0 radical (unpaired) electrons. The molecule has 1 N–H and O–H groups in total. The topological polar surface area (TPSA) is 59.4 Å². The van der Waals surface area contributed by atoms with Gasteiger partial charge in [-0.25, -0.2) is 4.98 Å².